The molecule has 2 atom stereocenters. The molecule has 21 heavy (non-hydrogen) atoms. The molecule has 3 N–H and O–H groups in total. The standard InChI is InChI=1S/C13H23N3O5/c1-9(12(18)19)3-4-14-13(20)15-10(2)11(17)16-5-7-21-8-6-16/h9-10H,3-8H2,1-2H3,(H,18,19)(H2,14,15,20). The Morgan fingerprint density at radius 1 is 1.24 bits per heavy atom. The van der Waals surface area contributed by atoms with Crippen LogP contribution in [0.2, 0.25) is 0 Å². The number of morpholine rings is 1. The normalized spacial score (nSPS) is 17.7. The van der Waals surface area contributed by atoms with Crippen molar-refractivity contribution in [3.8, 4) is 0 Å². The van der Waals surface area contributed by atoms with Crippen LogP contribution in [-0.2, 0) is 14.3 Å². The van der Waals surface area contributed by atoms with Crippen molar-refractivity contribution in [3.05, 3.63) is 0 Å². The van der Waals surface area contributed by atoms with Crippen LogP contribution in [0.15, 0.2) is 0 Å². The number of urea groups is 1. The van der Waals surface area contributed by atoms with E-state index in [1.807, 2.05) is 0 Å². The molecule has 8 heteroatoms. The summed E-state index contributed by atoms with van der Waals surface area (Å²) in [5.41, 5.74) is 0. The monoisotopic (exact) mass is 301 g/mol. The molecular formula is C13H23N3O5. The highest BCUT2D eigenvalue weighted by Crippen LogP contribution is 2.01. The molecule has 0 aromatic heterocycles. The van der Waals surface area contributed by atoms with Crippen LogP contribution in [-0.4, -0.2) is 66.8 Å². The zero-order chi connectivity index (χ0) is 15.8. The highest BCUT2D eigenvalue weighted by atomic mass is 16.5. The van der Waals surface area contributed by atoms with Crippen molar-refractivity contribution in [1.82, 2.24) is 15.5 Å². The molecule has 120 valence electrons. The lowest BCUT2D eigenvalue weighted by Gasteiger charge is -2.29. The summed E-state index contributed by atoms with van der Waals surface area (Å²) in [7, 11) is 0. The molecule has 0 spiro atoms. The Hall–Kier alpha value is -1.83. The van der Waals surface area contributed by atoms with E-state index in [0.29, 0.717) is 32.7 Å². The van der Waals surface area contributed by atoms with E-state index in [1.54, 1.807) is 18.7 Å². The molecule has 2 unspecified atom stereocenters. The van der Waals surface area contributed by atoms with Gasteiger partial charge in [-0.2, -0.15) is 0 Å². The van der Waals surface area contributed by atoms with Gasteiger partial charge in [-0.05, 0) is 13.3 Å². The lowest BCUT2D eigenvalue weighted by atomic mass is 10.1. The Morgan fingerprint density at radius 3 is 2.43 bits per heavy atom. The number of carboxylic acid groups (broad SMARTS) is 1. The Bertz CT molecular complexity index is 382. The minimum atomic E-state index is -0.895. The molecule has 0 aliphatic carbocycles. The van der Waals surface area contributed by atoms with Crippen molar-refractivity contribution >= 4 is 17.9 Å². The second-order valence-electron chi connectivity index (χ2n) is 5.09. The molecule has 0 aromatic rings. The van der Waals surface area contributed by atoms with Gasteiger partial charge < -0.3 is 25.4 Å². The topological polar surface area (TPSA) is 108 Å². The second kappa shape index (κ2) is 8.46. The predicted octanol–water partition coefficient (Wildman–Crippen LogP) is -0.356. The number of rotatable bonds is 6. The van der Waals surface area contributed by atoms with Crippen LogP contribution in [0.5, 0.6) is 0 Å². The average molecular weight is 301 g/mol. The Labute approximate surface area is 123 Å². The summed E-state index contributed by atoms with van der Waals surface area (Å²) in [5.74, 6) is -1.56. The average Bonchev–Trinajstić information content (AvgIpc) is 2.46. The molecule has 3 amide bonds. The van der Waals surface area contributed by atoms with Gasteiger partial charge in [0, 0.05) is 19.6 Å². The van der Waals surface area contributed by atoms with Crippen LogP contribution < -0.4 is 10.6 Å². The molecule has 0 aromatic carbocycles. The number of hydrogen-bond donors (Lipinski definition) is 3. The molecule has 1 fully saturated rings. The van der Waals surface area contributed by atoms with Crippen molar-refractivity contribution in [2.45, 2.75) is 26.3 Å². The lowest BCUT2D eigenvalue weighted by molar-refractivity contribution is -0.141. The smallest absolute Gasteiger partial charge is 0.315 e. The van der Waals surface area contributed by atoms with E-state index in [9.17, 15) is 14.4 Å². The van der Waals surface area contributed by atoms with Crippen molar-refractivity contribution in [2.75, 3.05) is 32.8 Å². The molecular weight excluding hydrogens is 278 g/mol. The molecule has 1 heterocycles. The first-order valence-electron chi connectivity index (χ1n) is 7.05. The number of carboxylic acids is 1. The molecule has 0 bridgehead atoms. The zero-order valence-electron chi connectivity index (χ0n) is 12.4. The quantitative estimate of drug-likeness (QED) is 0.621. The van der Waals surface area contributed by atoms with Crippen LogP contribution in [0.25, 0.3) is 0 Å². The van der Waals surface area contributed by atoms with Crippen molar-refractivity contribution in [1.29, 1.82) is 0 Å². The minimum Gasteiger partial charge on any atom is -0.481 e. The van der Waals surface area contributed by atoms with Crippen LogP contribution in [0.1, 0.15) is 20.3 Å². The van der Waals surface area contributed by atoms with Crippen molar-refractivity contribution < 1.29 is 24.2 Å². The van der Waals surface area contributed by atoms with Gasteiger partial charge in [0.15, 0.2) is 0 Å². The molecule has 8 nitrogen and oxygen atoms in total. The third-order valence-electron chi connectivity index (χ3n) is 3.33. The number of carbonyl (C=O) groups excluding carboxylic acids is 2. The molecule has 1 saturated heterocycles. The van der Waals surface area contributed by atoms with E-state index in [2.05, 4.69) is 10.6 Å². The number of hydrogen-bond acceptors (Lipinski definition) is 4. The number of nitrogens with zero attached hydrogens (tertiary/aromatic N) is 1. The summed E-state index contributed by atoms with van der Waals surface area (Å²) in [6, 6.07) is -1.10. The largest absolute Gasteiger partial charge is 0.481 e. The summed E-state index contributed by atoms with van der Waals surface area (Å²) >= 11 is 0. The van der Waals surface area contributed by atoms with Gasteiger partial charge in [0.05, 0.1) is 19.1 Å². The number of amides is 3. The maximum atomic E-state index is 12.1. The summed E-state index contributed by atoms with van der Waals surface area (Å²) in [6.45, 7) is 5.53. The summed E-state index contributed by atoms with van der Waals surface area (Å²) in [4.78, 5) is 36.0. The van der Waals surface area contributed by atoms with E-state index in [-0.39, 0.29) is 12.5 Å². The number of aliphatic carboxylic acids is 1. The van der Waals surface area contributed by atoms with E-state index in [1.165, 1.54) is 0 Å². The van der Waals surface area contributed by atoms with Gasteiger partial charge in [0.1, 0.15) is 6.04 Å². The minimum absolute atomic E-state index is 0.146. The molecule has 0 saturated carbocycles. The van der Waals surface area contributed by atoms with E-state index >= 15 is 0 Å². The van der Waals surface area contributed by atoms with Crippen LogP contribution >= 0.6 is 0 Å². The fraction of sp³-hybridized carbons (Fsp3) is 0.769. The third-order valence-corrected chi connectivity index (χ3v) is 3.33. The Balaban J connectivity index is 2.26. The van der Waals surface area contributed by atoms with Gasteiger partial charge in [0.25, 0.3) is 0 Å². The van der Waals surface area contributed by atoms with Gasteiger partial charge in [-0.15, -0.1) is 0 Å². The number of nitrogens with one attached hydrogen (secondary N) is 2. The summed E-state index contributed by atoms with van der Waals surface area (Å²) in [6.07, 6.45) is 0.342. The predicted molar refractivity (Wildman–Crippen MR) is 74.8 cm³/mol. The zero-order valence-corrected chi connectivity index (χ0v) is 12.4. The fourth-order valence-corrected chi connectivity index (χ4v) is 1.89. The van der Waals surface area contributed by atoms with Crippen LogP contribution in [0.4, 0.5) is 4.79 Å². The maximum absolute atomic E-state index is 12.1. The van der Waals surface area contributed by atoms with Gasteiger partial charge in [0.2, 0.25) is 5.91 Å². The van der Waals surface area contributed by atoms with Crippen molar-refractivity contribution in [2.24, 2.45) is 5.92 Å². The molecule has 1 aliphatic heterocycles. The third kappa shape index (κ3) is 5.99. The van der Waals surface area contributed by atoms with Crippen LogP contribution in [0, 0.1) is 5.92 Å². The first kappa shape index (κ1) is 17.2. The van der Waals surface area contributed by atoms with Crippen LogP contribution in [0.3, 0.4) is 0 Å². The first-order chi connectivity index (χ1) is 9.91. The van der Waals surface area contributed by atoms with Gasteiger partial charge in [-0.3, -0.25) is 9.59 Å². The highest BCUT2D eigenvalue weighted by molar-refractivity contribution is 5.86. The fourth-order valence-electron chi connectivity index (χ4n) is 1.89. The SMILES string of the molecule is CC(CCNC(=O)NC(C)C(=O)N1CCOCC1)C(=O)O. The summed E-state index contributed by atoms with van der Waals surface area (Å²) < 4.78 is 5.16. The first-order valence-corrected chi connectivity index (χ1v) is 7.05. The van der Waals surface area contributed by atoms with Gasteiger partial charge in [-0.25, -0.2) is 4.79 Å². The molecule has 1 rings (SSSR count). The molecule has 1 aliphatic rings. The summed E-state index contributed by atoms with van der Waals surface area (Å²) in [5, 5.41) is 13.8. The molecule has 0 radical (unpaired) electrons. The Kier molecular flexibility index (Phi) is 6.93. The lowest BCUT2D eigenvalue weighted by Crippen LogP contribution is -2.52. The van der Waals surface area contributed by atoms with Crippen molar-refractivity contribution in [3.63, 3.8) is 0 Å². The Morgan fingerprint density at radius 2 is 1.86 bits per heavy atom. The van der Waals surface area contributed by atoms with E-state index in [0.717, 1.165) is 0 Å². The van der Waals surface area contributed by atoms with Gasteiger partial charge in [-0.1, -0.05) is 6.92 Å². The number of carbonyl (C=O) groups is 3. The van der Waals surface area contributed by atoms with Gasteiger partial charge >= 0.3 is 12.0 Å². The van der Waals surface area contributed by atoms with E-state index < -0.39 is 24.0 Å². The highest BCUT2D eigenvalue weighted by Gasteiger charge is 2.23. The maximum Gasteiger partial charge on any atom is 0.315 e. The second-order valence-corrected chi connectivity index (χ2v) is 5.09. The number of ether oxygens (including phenoxy) is 1. The van der Waals surface area contributed by atoms with E-state index in [4.69, 9.17) is 9.84 Å².